The van der Waals surface area contributed by atoms with Gasteiger partial charge in [-0.1, -0.05) is 36.4 Å². The maximum atomic E-state index is 12.3. The SMILES string of the molecule is NS(=O)(=O)c1cc2c3c(c1)C1C=CCC1C(c1ccc([N+](=O)[O-])cc1)N3CC1CC=CC21. The first-order valence-corrected chi connectivity index (χ1v) is 12.4. The number of sulfonamides is 1. The Morgan fingerprint density at radius 1 is 1.00 bits per heavy atom. The van der Waals surface area contributed by atoms with Crippen molar-refractivity contribution < 1.29 is 13.3 Å². The number of hydrogen-bond acceptors (Lipinski definition) is 5. The number of benzene rings is 2. The van der Waals surface area contributed by atoms with Crippen molar-refractivity contribution in [2.45, 2.75) is 35.6 Å². The highest BCUT2D eigenvalue weighted by molar-refractivity contribution is 7.89. The van der Waals surface area contributed by atoms with Crippen molar-refractivity contribution >= 4 is 21.4 Å². The Hall–Kier alpha value is -2.97. The topological polar surface area (TPSA) is 107 Å². The summed E-state index contributed by atoms with van der Waals surface area (Å²) in [4.78, 5) is 13.4. The molecule has 6 rings (SSSR count). The molecule has 0 amide bonds. The smallest absolute Gasteiger partial charge is 0.269 e. The summed E-state index contributed by atoms with van der Waals surface area (Å²) in [5.41, 5.74) is 4.32. The third-order valence-electron chi connectivity index (χ3n) is 7.60. The highest BCUT2D eigenvalue weighted by atomic mass is 32.2. The molecule has 0 aromatic heterocycles. The predicted molar refractivity (Wildman–Crippen MR) is 121 cm³/mol. The largest absolute Gasteiger partial charge is 0.363 e. The quantitative estimate of drug-likeness (QED) is 0.431. The maximum absolute atomic E-state index is 12.3. The van der Waals surface area contributed by atoms with E-state index in [-0.39, 0.29) is 39.3 Å². The first-order chi connectivity index (χ1) is 15.3. The molecule has 0 spiro atoms. The van der Waals surface area contributed by atoms with Gasteiger partial charge in [-0.15, -0.1) is 0 Å². The van der Waals surface area contributed by atoms with E-state index in [1.54, 1.807) is 24.3 Å². The van der Waals surface area contributed by atoms with E-state index >= 15 is 0 Å². The average molecular weight is 450 g/mol. The fourth-order valence-electron chi connectivity index (χ4n) is 6.28. The first-order valence-electron chi connectivity index (χ1n) is 10.9. The van der Waals surface area contributed by atoms with E-state index in [2.05, 4.69) is 29.2 Å². The monoisotopic (exact) mass is 449 g/mol. The van der Waals surface area contributed by atoms with E-state index in [0.29, 0.717) is 5.92 Å². The second-order valence-corrected chi connectivity index (χ2v) is 10.8. The molecule has 0 fully saturated rings. The summed E-state index contributed by atoms with van der Waals surface area (Å²) in [5, 5.41) is 16.7. The molecule has 7 nitrogen and oxygen atoms in total. The number of fused-ring (bicyclic) bond motifs is 4. The molecule has 2 aromatic carbocycles. The van der Waals surface area contributed by atoms with Crippen molar-refractivity contribution in [3.05, 3.63) is 87.5 Å². The number of nitro groups is 1. The molecule has 2 aliphatic heterocycles. The van der Waals surface area contributed by atoms with Crippen LogP contribution in [0.5, 0.6) is 0 Å². The molecule has 2 heterocycles. The van der Waals surface area contributed by atoms with Crippen LogP contribution in [0.3, 0.4) is 0 Å². The van der Waals surface area contributed by atoms with Crippen LogP contribution >= 0.6 is 0 Å². The summed E-state index contributed by atoms with van der Waals surface area (Å²) >= 11 is 0. The van der Waals surface area contributed by atoms with E-state index in [1.807, 2.05) is 12.1 Å². The van der Waals surface area contributed by atoms with Crippen LogP contribution < -0.4 is 10.0 Å². The highest BCUT2D eigenvalue weighted by Gasteiger charge is 2.48. The highest BCUT2D eigenvalue weighted by Crippen LogP contribution is 2.59. The number of primary sulfonamides is 1. The number of rotatable bonds is 3. The molecule has 4 aliphatic rings. The van der Waals surface area contributed by atoms with Crippen molar-refractivity contribution in [1.82, 2.24) is 0 Å². The zero-order chi connectivity index (χ0) is 22.2. The number of anilines is 1. The summed E-state index contributed by atoms with van der Waals surface area (Å²) in [6, 6.07) is 10.5. The number of nitro benzene ring substituents is 1. The molecule has 5 unspecified atom stereocenters. The third kappa shape index (κ3) is 2.79. The van der Waals surface area contributed by atoms with Crippen LogP contribution in [-0.4, -0.2) is 19.9 Å². The minimum Gasteiger partial charge on any atom is -0.363 e. The van der Waals surface area contributed by atoms with Gasteiger partial charge >= 0.3 is 0 Å². The van der Waals surface area contributed by atoms with E-state index in [4.69, 9.17) is 5.14 Å². The van der Waals surface area contributed by atoms with Crippen molar-refractivity contribution in [3.63, 3.8) is 0 Å². The Morgan fingerprint density at radius 3 is 2.34 bits per heavy atom. The van der Waals surface area contributed by atoms with E-state index in [1.165, 1.54) is 0 Å². The van der Waals surface area contributed by atoms with Crippen molar-refractivity contribution in [1.29, 1.82) is 0 Å². The molecule has 5 atom stereocenters. The Bertz CT molecular complexity index is 1280. The second kappa shape index (κ2) is 6.76. The second-order valence-electron chi connectivity index (χ2n) is 9.24. The maximum Gasteiger partial charge on any atom is 0.269 e. The van der Waals surface area contributed by atoms with Crippen LogP contribution in [0.2, 0.25) is 0 Å². The number of allylic oxidation sites excluding steroid dienone is 4. The fourth-order valence-corrected chi connectivity index (χ4v) is 6.87. The Morgan fingerprint density at radius 2 is 1.66 bits per heavy atom. The van der Waals surface area contributed by atoms with Crippen molar-refractivity contribution in [2.24, 2.45) is 17.0 Å². The lowest BCUT2D eigenvalue weighted by molar-refractivity contribution is -0.384. The standard InChI is InChI=1S/C24H23N3O4S/c25-32(30,31)17-11-21-18-4-1-3-15(18)13-26-23(14-7-9-16(10-8-14)27(28)29)20-6-2-5-19(20)22(12-17)24(21)26/h1-2,4-5,7-12,15,18-20,23H,3,6,13H2,(H2,25,30,31). The summed E-state index contributed by atoms with van der Waals surface area (Å²) in [5.74, 6) is 0.876. The third-order valence-corrected chi connectivity index (χ3v) is 8.49. The van der Waals surface area contributed by atoms with Gasteiger partial charge in [0.15, 0.2) is 0 Å². The van der Waals surface area contributed by atoms with Crippen molar-refractivity contribution in [2.75, 3.05) is 11.4 Å². The fraction of sp³-hybridized carbons (Fsp3) is 0.333. The molecule has 2 N–H and O–H groups in total. The first kappa shape index (κ1) is 19.7. The van der Waals surface area contributed by atoms with E-state index in [0.717, 1.165) is 41.8 Å². The van der Waals surface area contributed by atoms with Gasteiger partial charge < -0.3 is 4.90 Å². The van der Waals surface area contributed by atoms with E-state index in [9.17, 15) is 18.5 Å². The zero-order valence-electron chi connectivity index (χ0n) is 17.3. The molecule has 0 radical (unpaired) electrons. The number of non-ortho nitro benzene ring substituents is 1. The van der Waals surface area contributed by atoms with Gasteiger partial charge in [0, 0.05) is 36.2 Å². The number of nitrogens with zero attached hydrogens (tertiary/aromatic N) is 2. The average Bonchev–Trinajstić information content (AvgIpc) is 3.43. The summed E-state index contributed by atoms with van der Waals surface area (Å²) in [6.07, 6.45) is 10.6. The van der Waals surface area contributed by atoms with Crippen LogP contribution in [0.4, 0.5) is 11.4 Å². The van der Waals surface area contributed by atoms with Gasteiger partial charge in [-0.3, -0.25) is 10.1 Å². The van der Waals surface area contributed by atoms with Crippen LogP contribution in [0.1, 0.15) is 47.4 Å². The molecule has 8 heteroatoms. The predicted octanol–water partition coefficient (Wildman–Crippen LogP) is 4.14. The molecule has 164 valence electrons. The molecule has 32 heavy (non-hydrogen) atoms. The molecule has 0 saturated heterocycles. The normalized spacial score (nSPS) is 29.5. The lowest BCUT2D eigenvalue weighted by atomic mass is 9.70. The van der Waals surface area contributed by atoms with Crippen LogP contribution in [0.15, 0.2) is 65.6 Å². The minimum atomic E-state index is -3.83. The van der Waals surface area contributed by atoms with Gasteiger partial charge in [-0.25, -0.2) is 13.6 Å². The summed E-state index contributed by atoms with van der Waals surface area (Å²) in [7, 11) is -3.83. The Balaban J connectivity index is 1.57. The molecule has 0 bridgehead atoms. The Kier molecular flexibility index (Phi) is 4.16. The van der Waals surface area contributed by atoms with Gasteiger partial charge in [-0.05, 0) is 53.5 Å². The number of hydrogen-bond donors (Lipinski definition) is 1. The lowest BCUT2D eigenvalue weighted by Crippen LogP contribution is -2.46. The van der Waals surface area contributed by atoms with Crippen molar-refractivity contribution in [3.8, 4) is 0 Å². The number of nitrogens with two attached hydrogens (primary N) is 1. The molecule has 0 saturated carbocycles. The van der Waals surface area contributed by atoms with Crippen LogP contribution in [0.25, 0.3) is 0 Å². The van der Waals surface area contributed by atoms with Gasteiger partial charge in [0.05, 0.1) is 15.9 Å². The minimum absolute atomic E-state index is 0.0731. The molecular weight excluding hydrogens is 426 g/mol. The zero-order valence-corrected chi connectivity index (χ0v) is 18.1. The summed E-state index contributed by atoms with van der Waals surface area (Å²) < 4.78 is 24.6. The summed E-state index contributed by atoms with van der Waals surface area (Å²) in [6.45, 7) is 0.872. The van der Waals surface area contributed by atoms with Crippen LogP contribution in [0, 0.1) is 22.0 Å². The molecule has 2 aromatic rings. The van der Waals surface area contributed by atoms with E-state index < -0.39 is 10.0 Å². The van der Waals surface area contributed by atoms with Crippen LogP contribution in [-0.2, 0) is 10.0 Å². The molecule has 2 aliphatic carbocycles. The molecular formula is C24H23N3O4S. The van der Waals surface area contributed by atoms with Gasteiger partial charge in [0.1, 0.15) is 0 Å². The van der Waals surface area contributed by atoms with Gasteiger partial charge in [0.25, 0.3) is 5.69 Å². The lowest BCUT2D eigenvalue weighted by Gasteiger charge is -2.51. The Labute approximate surface area is 186 Å². The van der Waals surface area contributed by atoms with Gasteiger partial charge in [-0.2, -0.15) is 0 Å². The van der Waals surface area contributed by atoms with Gasteiger partial charge in [0.2, 0.25) is 10.0 Å².